The maximum absolute atomic E-state index is 4.75. The third-order valence-electron chi connectivity index (χ3n) is 5.77. The summed E-state index contributed by atoms with van der Waals surface area (Å²) in [6, 6.07) is 9.63. The monoisotopic (exact) mass is 411 g/mol. The van der Waals surface area contributed by atoms with Crippen LogP contribution in [0, 0.1) is 0 Å². The quantitative estimate of drug-likeness (QED) is 0.490. The lowest BCUT2D eigenvalue weighted by Crippen LogP contribution is -2.38. The standard InChI is InChI=1S/C23H37N7/c1-4-22-28-27-18-30(22)15-13-25-23(24-5-2)26-16-20-9-11-21(12-10-20)17-29-14-7-6-8-19(29)3/h9-12,18-19H,4-8,13-17H2,1-3H3,(H2,24,25,26). The molecule has 1 aromatic heterocycles. The fourth-order valence-corrected chi connectivity index (χ4v) is 3.92. The van der Waals surface area contributed by atoms with E-state index in [1.165, 1.54) is 36.9 Å². The summed E-state index contributed by atoms with van der Waals surface area (Å²) in [6.45, 7) is 11.9. The number of likely N-dealkylation sites (tertiary alicyclic amines) is 1. The van der Waals surface area contributed by atoms with Crippen LogP contribution in [-0.4, -0.2) is 51.3 Å². The van der Waals surface area contributed by atoms with Gasteiger partial charge in [0.25, 0.3) is 0 Å². The van der Waals surface area contributed by atoms with Crippen LogP contribution < -0.4 is 10.6 Å². The normalized spacial score (nSPS) is 17.8. The average molecular weight is 412 g/mol. The molecule has 0 spiro atoms. The summed E-state index contributed by atoms with van der Waals surface area (Å²) in [5.74, 6) is 1.85. The number of nitrogens with zero attached hydrogens (tertiary/aromatic N) is 5. The summed E-state index contributed by atoms with van der Waals surface area (Å²) < 4.78 is 2.08. The number of hydrogen-bond donors (Lipinski definition) is 2. The van der Waals surface area contributed by atoms with E-state index < -0.39 is 0 Å². The topological polar surface area (TPSA) is 70.4 Å². The van der Waals surface area contributed by atoms with Crippen molar-refractivity contribution < 1.29 is 0 Å². The van der Waals surface area contributed by atoms with Gasteiger partial charge in [0.15, 0.2) is 5.96 Å². The number of nitrogens with one attached hydrogen (secondary N) is 2. The zero-order valence-electron chi connectivity index (χ0n) is 18.8. The molecule has 1 saturated heterocycles. The lowest BCUT2D eigenvalue weighted by Gasteiger charge is -2.33. The highest BCUT2D eigenvalue weighted by Gasteiger charge is 2.17. The van der Waals surface area contributed by atoms with Crippen LogP contribution in [0.25, 0.3) is 0 Å². The maximum Gasteiger partial charge on any atom is 0.191 e. The summed E-state index contributed by atoms with van der Waals surface area (Å²) in [7, 11) is 0. The van der Waals surface area contributed by atoms with E-state index in [0.717, 1.165) is 44.4 Å². The predicted octanol–water partition coefficient (Wildman–Crippen LogP) is 2.97. The van der Waals surface area contributed by atoms with Gasteiger partial charge < -0.3 is 15.2 Å². The first-order valence-corrected chi connectivity index (χ1v) is 11.4. The molecule has 2 heterocycles. The van der Waals surface area contributed by atoms with Gasteiger partial charge in [-0.2, -0.15) is 0 Å². The van der Waals surface area contributed by atoms with Crippen molar-refractivity contribution in [2.75, 3.05) is 19.6 Å². The molecule has 1 fully saturated rings. The highest BCUT2D eigenvalue weighted by molar-refractivity contribution is 5.79. The van der Waals surface area contributed by atoms with E-state index in [1.54, 1.807) is 6.33 Å². The second kappa shape index (κ2) is 11.7. The third kappa shape index (κ3) is 6.55. The van der Waals surface area contributed by atoms with Gasteiger partial charge in [0, 0.05) is 38.6 Å². The number of guanidine groups is 1. The summed E-state index contributed by atoms with van der Waals surface area (Å²) in [6.07, 6.45) is 6.70. The van der Waals surface area contributed by atoms with Crippen molar-refractivity contribution in [3.63, 3.8) is 0 Å². The zero-order valence-corrected chi connectivity index (χ0v) is 18.8. The lowest BCUT2D eigenvalue weighted by molar-refractivity contribution is 0.152. The minimum absolute atomic E-state index is 0.669. The fourth-order valence-electron chi connectivity index (χ4n) is 3.92. The summed E-state index contributed by atoms with van der Waals surface area (Å²) in [5.41, 5.74) is 2.62. The molecule has 2 N–H and O–H groups in total. The molecule has 0 aliphatic carbocycles. The molecule has 1 atom stereocenters. The van der Waals surface area contributed by atoms with E-state index in [0.29, 0.717) is 12.6 Å². The molecule has 0 bridgehead atoms. The van der Waals surface area contributed by atoms with Gasteiger partial charge in [-0.15, -0.1) is 10.2 Å². The van der Waals surface area contributed by atoms with Crippen LogP contribution in [0.3, 0.4) is 0 Å². The summed E-state index contributed by atoms with van der Waals surface area (Å²) in [5, 5.41) is 14.8. The molecule has 0 amide bonds. The molecule has 30 heavy (non-hydrogen) atoms. The number of piperidine rings is 1. The Morgan fingerprint density at radius 3 is 2.67 bits per heavy atom. The van der Waals surface area contributed by atoms with Crippen molar-refractivity contribution >= 4 is 5.96 Å². The number of aromatic nitrogens is 3. The molecule has 2 aromatic rings. The van der Waals surface area contributed by atoms with E-state index in [9.17, 15) is 0 Å². The second-order valence-corrected chi connectivity index (χ2v) is 8.05. The smallest absolute Gasteiger partial charge is 0.191 e. The SMILES string of the molecule is CCNC(=NCc1ccc(CN2CCCCC2C)cc1)NCCn1cnnc1CC. The largest absolute Gasteiger partial charge is 0.357 e. The van der Waals surface area contributed by atoms with Gasteiger partial charge >= 0.3 is 0 Å². The molecule has 7 heteroatoms. The molecule has 3 rings (SSSR count). The molecular weight excluding hydrogens is 374 g/mol. The highest BCUT2D eigenvalue weighted by atomic mass is 15.3. The van der Waals surface area contributed by atoms with Crippen LogP contribution in [0.4, 0.5) is 0 Å². The van der Waals surface area contributed by atoms with Crippen LogP contribution in [-0.2, 0) is 26.1 Å². The maximum atomic E-state index is 4.75. The van der Waals surface area contributed by atoms with Gasteiger partial charge in [-0.1, -0.05) is 37.6 Å². The van der Waals surface area contributed by atoms with Gasteiger partial charge in [0.1, 0.15) is 12.2 Å². The Kier molecular flexibility index (Phi) is 8.68. The van der Waals surface area contributed by atoms with Crippen molar-refractivity contribution in [1.82, 2.24) is 30.3 Å². The van der Waals surface area contributed by atoms with Gasteiger partial charge in [-0.25, -0.2) is 4.99 Å². The van der Waals surface area contributed by atoms with Crippen LogP contribution >= 0.6 is 0 Å². The first-order valence-electron chi connectivity index (χ1n) is 11.4. The molecule has 1 aliphatic heterocycles. The van der Waals surface area contributed by atoms with Crippen LogP contribution in [0.2, 0.25) is 0 Å². The minimum atomic E-state index is 0.669. The van der Waals surface area contributed by atoms with Crippen LogP contribution in [0.15, 0.2) is 35.6 Å². The third-order valence-corrected chi connectivity index (χ3v) is 5.77. The minimum Gasteiger partial charge on any atom is -0.357 e. The highest BCUT2D eigenvalue weighted by Crippen LogP contribution is 2.19. The van der Waals surface area contributed by atoms with E-state index in [1.807, 2.05) is 0 Å². The van der Waals surface area contributed by atoms with E-state index in [4.69, 9.17) is 4.99 Å². The van der Waals surface area contributed by atoms with Gasteiger partial charge in [0.05, 0.1) is 6.54 Å². The molecule has 164 valence electrons. The Morgan fingerprint density at radius 2 is 1.93 bits per heavy atom. The van der Waals surface area contributed by atoms with E-state index in [2.05, 4.69) is 75.3 Å². The lowest BCUT2D eigenvalue weighted by atomic mass is 10.0. The van der Waals surface area contributed by atoms with Gasteiger partial charge in [-0.3, -0.25) is 4.90 Å². The molecule has 1 aliphatic rings. The molecule has 7 nitrogen and oxygen atoms in total. The fraction of sp³-hybridized carbons (Fsp3) is 0.609. The van der Waals surface area contributed by atoms with Crippen molar-refractivity contribution in [2.45, 2.75) is 72.1 Å². The molecular formula is C23H37N7. The summed E-state index contributed by atoms with van der Waals surface area (Å²) in [4.78, 5) is 7.35. The van der Waals surface area contributed by atoms with Crippen molar-refractivity contribution in [3.05, 3.63) is 47.5 Å². The number of aliphatic imine (C=N–C) groups is 1. The molecule has 0 radical (unpaired) electrons. The van der Waals surface area contributed by atoms with Crippen molar-refractivity contribution in [2.24, 2.45) is 4.99 Å². The number of hydrogen-bond acceptors (Lipinski definition) is 4. The van der Waals surface area contributed by atoms with E-state index >= 15 is 0 Å². The second-order valence-electron chi connectivity index (χ2n) is 8.05. The average Bonchev–Trinajstić information content (AvgIpc) is 3.22. The first-order chi connectivity index (χ1) is 14.7. The molecule has 0 saturated carbocycles. The predicted molar refractivity (Wildman–Crippen MR) is 122 cm³/mol. The van der Waals surface area contributed by atoms with Crippen LogP contribution in [0.1, 0.15) is 57.0 Å². The van der Waals surface area contributed by atoms with E-state index in [-0.39, 0.29) is 0 Å². The first kappa shape index (κ1) is 22.3. The van der Waals surface area contributed by atoms with Crippen LogP contribution in [0.5, 0.6) is 0 Å². The number of rotatable bonds is 9. The number of aryl methyl sites for hydroxylation is 1. The Labute approximate surface area is 181 Å². The number of benzene rings is 1. The Morgan fingerprint density at radius 1 is 1.13 bits per heavy atom. The Hall–Kier alpha value is -2.41. The summed E-state index contributed by atoms with van der Waals surface area (Å²) >= 11 is 0. The van der Waals surface area contributed by atoms with Gasteiger partial charge in [-0.05, 0) is 44.4 Å². The molecule has 1 aromatic carbocycles. The Balaban J connectivity index is 1.49. The van der Waals surface area contributed by atoms with Crippen molar-refractivity contribution in [1.29, 1.82) is 0 Å². The Bertz CT molecular complexity index is 781. The molecule has 1 unspecified atom stereocenters. The van der Waals surface area contributed by atoms with Gasteiger partial charge in [0.2, 0.25) is 0 Å². The zero-order chi connectivity index (χ0) is 21.2. The van der Waals surface area contributed by atoms with Crippen molar-refractivity contribution in [3.8, 4) is 0 Å².